The molecule has 1 N–H and O–H groups in total. The van der Waals surface area contributed by atoms with Crippen LogP contribution in [0.5, 0.6) is 5.75 Å². The molecule has 2 heterocycles. The molecule has 0 unspecified atom stereocenters. The zero-order chi connectivity index (χ0) is 27.7. The zero-order valence-corrected chi connectivity index (χ0v) is 23.4. The SMILES string of the molecule is CCCN1C(=O)[C@@H]2[C@@H](CC(COC)=C3[C@@H](CC/C(=C/c4cc(C)c(O)c(C)c4)c4ccccc4)OC[C@@H]32)C1=O. The number of ether oxygens (including phenoxy) is 2. The summed E-state index contributed by atoms with van der Waals surface area (Å²) in [6.45, 7) is 7.25. The first-order valence-corrected chi connectivity index (χ1v) is 14.1. The van der Waals surface area contributed by atoms with E-state index in [-0.39, 0.29) is 35.7 Å². The molecule has 0 radical (unpaired) electrons. The molecule has 5 rings (SSSR count). The number of imide groups is 1. The van der Waals surface area contributed by atoms with Crippen molar-refractivity contribution in [1.29, 1.82) is 0 Å². The molecule has 1 aliphatic carbocycles. The molecule has 0 aromatic heterocycles. The van der Waals surface area contributed by atoms with Crippen LogP contribution in [0.4, 0.5) is 0 Å². The quantitative estimate of drug-likeness (QED) is 0.256. The summed E-state index contributed by atoms with van der Waals surface area (Å²) in [5.41, 5.74) is 7.41. The van der Waals surface area contributed by atoms with Gasteiger partial charge in [0.1, 0.15) is 5.75 Å². The summed E-state index contributed by atoms with van der Waals surface area (Å²) in [5.74, 6) is -0.411. The van der Waals surface area contributed by atoms with E-state index in [0.717, 1.165) is 47.1 Å². The summed E-state index contributed by atoms with van der Waals surface area (Å²) in [5, 5.41) is 10.3. The molecule has 2 amide bonds. The third kappa shape index (κ3) is 5.20. The average molecular weight is 530 g/mol. The van der Waals surface area contributed by atoms with Crippen molar-refractivity contribution in [1.82, 2.24) is 4.90 Å². The molecule has 0 spiro atoms. The highest BCUT2D eigenvalue weighted by Crippen LogP contribution is 2.50. The Morgan fingerprint density at radius 1 is 1.10 bits per heavy atom. The van der Waals surface area contributed by atoms with Crippen molar-refractivity contribution in [2.24, 2.45) is 17.8 Å². The fourth-order valence-electron chi connectivity index (χ4n) is 6.80. The Morgan fingerprint density at radius 2 is 1.82 bits per heavy atom. The van der Waals surface area contributed by atoms with Gasteiger partial charge in [-0.2, -0.15) is 0 Å². The summed E-state index contributed by atoms with van der Waals surface area (Å²) >= 11 is 0. The number of phenols is 1. The number of phenolic OH excluding ortho intramolecular Hbond substituents is 1. The van der Waals surface area contributed by atoms with E-state index < -0.39 is 0 Å². The summed E-state index contributed by atoms with van der Waals surface area (Å²) in [4.78, 5) is 28.0. The van der Waals surface area contributed by atoms with E-state index in [0.29, 0.717) is 31.9 Å². The van der Waals surface area contributed by atoms with Crippen molar-refractivity contribution in [3.05, 3.63) is 75.9 Å². The molecule has 6 nitrogen and oxygen atoms in total. The summed E-state index contributed by atoms with van der Waals surface area (Å²) in [7, 11) is 1.68. The minimum absolute atomic E-state index is 0.0296. The Bertz CT molecular complexity index is 1290. The second kappa shape index (κ2) is 11.5. The number of hydrogen-bond acceptors (Lipinski definition) is 5. The first kappa shape index (κ1) is 27.4. The predicted molar refractivity (Wildman–Crippen MR) is 152 cm³/mol. The Kier molecular flexibility index (Phi) is 8.06. The number of likely N-dealkylation sites (tertiary alicyclic amines) is 1. The van der Waals surface area contributed by atoms with Crippen molar-refractivity contribution in [2.75, 3.05) is 26.9 Å². The second-order valence-corrected chi connectivity index (χ2v) is 11.2. The highest BCUT2D eigenvalue weighted by atomic mass is 16.5. The van der Waals surface area contributed by atoms with Gasteiger partial charge >= 0.3 is 0 Å². The molecule has 2 aliphatic heterocycles. The number of nitrogens with zero attached hydrogens (tertiary/aromatic N) is 1. The molecule has 2 saturated heterocycles. The van der Waals surface area contributed by atoms with Crippen LogP contribution in [0.25, 0.3) is 11.6 Å². The molecule has 6 heteroatoms. The van der Waals surface area contributed by atoms with Gasteiger partial charge in [0.2, 0.25) is 11.8 Å². The number of aromatic hydroxyl groups is 1. The zero-order valence-electron chi connectivity index (χ0n) is 23.4. The first-order valence-electron chi connectivity index (χ1n) is 14.1. The Morgan fingerprint density at radius 3 is 2.49 bits per heavy atom. The number of allylic oxidation sites excluding steroid dienone is 1. The fraction of sp³-hybridized carbons (Fsp3) is 0.455. The maximum atomic E-state index is 13.4. The van der Waals surface area contributed by atoms with E-state index in [1.165, 1.54) is 16.0 Å². The Labute approximate surface area is 231 Å². The maximum Gasteiger partial charge on any atom is 0.233 e. The molecule has 2 aromatic rings. The van der Waals surface area contributed by atoms with E-state index in [9.17, 15) is 14.7 Å². The average Bonchev–Trinajstić information content (AvgIpc) is 3.45. The predicted octanol–water partition coefficient (Wildman–Crippen LogP) is 5.70. The smallest absolute Gasteiger partial charge is 0.233 e. The molecule has 2 fully saturated rings. The van der Waals surface area contributed by atoms with Gasteiger partial charge in [-0.3, -0.25) is 14.5 Å². The van der Waals surface area contributed by atoms with Crippen molar-refractivity contribution in [3.63, 3.8) is 0 Å². The van der Waals surface area contributed by atoms with Crippen LogP contribution in [0.3, 0.4) is 0 Å². The molecular weight excluding hydrogens is 490 g/mol. The van der Waals surface area contributed by atoms with Gasteiger partial charge in [-0.25, -0.2) is 0 Å². The van der Waals surface area contributed by atoms with Gasteiger partial charge in [0.15, 0.2) is 0 Å². The molecule has 2 aromatic carbocycles. The van der Waals surface area contributed by atoms with E-state index in [2.05, 4.69) is 18.2 Å². The van der Waals surface area contributed by atoms with Crippen molar-refractivity contribution in [3.8, 4) is 5.75 Å². The van der Waals surface area contributed by atoms with Crippen molar-refractivity contribution >= 4 is 23.5 Å². The fourth-order valence-corrected chi connectivity index (χ4v) is 6.80. The van der Waals surface area contributed by atoms with Gasteiger partial charge in [-0.15, -0.1) is 0 Å². The second-order valence-electron chi connectivity index (χ2n) is 11.2. The standard InChI is InChI=1S/C33H39NO5/c1-5-13-34-32(36)26-17-25(18-38-4)29-27(30(26)33(34)37)19-39-28(29)12-11-24(23-9-7-6-8-10-23)16-22-14-20(2)31(35)21(3)15-22/h6-10,14-16,26-28,30,35H,5,11-13,17-19H2,1-4H3/b24-16-/t26-,27+,28-,30-/m1/s1. The first-order chi connectivity index (χ1) is 18.8. The van der Waals surface area contributed by atoms with Gasteiger partial charge in [0, 0.05) is 19.6 Å². The van der Waals surface area contributed by atoms with Gasteiger partial charge in [-0.05, 0) is 90.6 Å². The number of hydrogen-bond donors (Lipinski definition) is 1. The number of carbonyl (C=O) groups is 2. The van der Waals surface area contributed by atoms with Crippen molar-refractivity contribution < 1.29 is 24.2 Å². The van der Waals surface area contributed by atoms with Crippen LogP contribution in [-0.2, 0) is 19.1 Å². The van der Waals surface area contributed by atoms with E-state index in [1.54, 1.807) is 7.11 Å². The summed E-state index contributed by atoms with van der Waals surface area (Å²) in [6, 6.07) is 14.4. The number of benzene rings is 2. The maximum absolute atomic E-state index is 13.4. The van der Waals surface area contributed by atoms with Crippen molar-refractivity contribution in [2.45, 2.75) is 52.6 Å². The Hall–Kier alpha value is -3.22. The lowest BCUT2D eigenvalue weighted by Crippen LogP contribution is -2.35. The molecule has 3 aliphatic rings. The van der Waals surface area contributed by atoms with Gasteiger partial charge < -0.3 is 14.6 Å². The van der Waals surface area contributed by atoms with Crippen LogP contribution >= 0.6 is 0 Å². The van der Waals surface area contributed by atoms with Crippen LogP contribution in [-0.4, -0.2) is 54.8 Å². The molecular formula is C33H39NO5. The van der Waals surface area contributed by atoms with Gasteiger partial charge in [-0.1, -0.05) is 43.3 Å². The number of methoxy groups -OCH3 is 1. The van der Waals surface area contributed by atoms with E-state index >= 15 is 0 Å². The lowest BCUT2D eigenvalue weighted by Gasteiger charge is -2.31. The molecule has 206 valence electrons. The number of carbonyl (C=O) groups excluding carboxylic acids is 2. The largest absolute Gasteiger partial charge is 0.507 e. The van der Waals surface area contributed by atoms with Gasteiger partial charge in [0.05, 0.1) is 31.2 Å². The molecule has 4 atom stereocenters. The van der Waals surface area contributed by atoms with Gasteiger partial charge in [0.25, 0.3) is 0 Å². The number of fused-ring (bicyclic) bond motifs is 3. The topological polar surface area (TPSA) is 76.1 Å². The molecule has 0 saturated carbocycles. The van der Waals surface area contributed by atoms with Crippen LogP contribution in [0.1, 0.15) is 54.9 Å². The number of amides is 2. The summed E-state index contributed by atoms with van der Waals surface area (Å²) < 4.78 is 12.0. The number of rotatable bonds is 9. The lowest BCUT2D eigenvalue weighted by atomic mass is 9.69. The number of aryl methyl sites for hydroxylation is 2. The monoisotopic (exact) mass is 529 g/mol. The highest BCUT2D eigenvalue weighted by molar-refractivity contribution is 6.06. The minimum Gasteiger partial charge on any atom is -0.507 e. The van der Waals surface area contributed by atoms with Crippen LogP contribution in [0.15, 0.2) is 53.6 Å². The van der Waals surface area contributed by atoms with Crippen LogP contribution in [0.2, 0.25) is 0 Å². The normalized spacial score (nSPS) is 24.9. The Balaban J connectivity index is 1.43. The lowest BCUT2D eigenvalue weighted by molar-refractivity contribution is -0.140. The minimum atomic E-state index is -0.322. The highest BCUT2D eigenvalue weighted by Gasteiger charge is 2.56. The van der Waals surface area contributed by atoms with E-state index in [1.807, 2.05) is 51.1 Å². The third-order valence-electron chi connectivity index (χ3n) is 8.54. The summed E-state index contributed by atoms with van der Waals surface area (Å²) in [6.07, 6.45) is 4.98. The molecule has 39 heavy (non-hydrogen) atoms. The third-order valence-corrected chi connectivity index (χ3v) is 8.54. The molecule has 0 bridgehead atoms. The van der Waals surface area contributed by atoms with Crippen LogP contribution in [0, 0.1) is 31.6 Å². The van der Waals surface area contributed by atoms with Crippen LogP contribution < -0.4 is 0 Å². The van der Waals surface area contributed by atoms with E-state index in [4.69, 9.17) is 9.47 Å².